The molecule has 0 aliphatic carbocycles. The molecule has 1 aliphatic heterocycles. The van der Waals surface area contributed by atoms with Crippen LogP contribution in [0.1, 0.15) is 33.6 Å². The number of ketones is 1. The average Bonchev–Trinajstić information content (AvgIpc) is 3.17. The molecule has 1 saturated heterocycles. The second kappa shape index (κ2) is 8.56. The Morgan fingerprint density at radius 2 is 1.79 bits per heavy atom. The third-order valence-corrected chi connectivity index (χ3v) is 4.51. The summed E-state index contributed by atoms with van der Waals surface area (Å²) >= 11 is 0. The SMILES string of the molecule is COc1ccc(C(=O)COC(=O)c2cccc(N3CCCC3=O)c2)cc1OC. The fourth-order valence-corrected chi connectivity index (χ4v) is 3.03. The van der Waals surface area contributed by atoms with Gasteiger partial charge in [0.05, 0.1) is 19.8 Å². The lowest BCUT2D eigenvalue weighted by Gasteiger charge is -2.16. The number of methoxy groups -OCH3 is 2. The number of benzene rings is 2. The van der Waals surface area contributed by atoms with Crippen molar-refractivity contribution >= 4 is 23.3 Å². The average molecular weight is 383 g/mol. The second-order valence-corrected chi connectivity index (χ2v) is 6.27. The molecule has 0 saturated carbocycles. The first-order valence-electron chi connectivity index (χ1n) is 8.86. The van der Waals surface area contributed by atoms with E-state index in [0.29, 0.717) is 35.7 Å². The van der Waals surface area contributed by atoms with Gasteiger partial charge < -0.3 is 19.1 Å². The molecule has 1 fully saturated rings. The van der Waals surface area contributed by atoms with Gasteiger partial charge in [0.25, 0.3) is 0 Å². The largest absolute Gasteiger partial charge is 0.493 e. The maximum Gasteiger partial charge on any atom is 0.338 e. The second-order valence-electron chi connectivity index (χ2n) is 6.27. The van der Waals surface area contributed by atoms with E-state index in [4.69, 9.17) is 14.2 Å². The normalized spacial score (nSPS) is 13.4. The highest BCUT2D eigenvalue weighted by Gasteiger charge is 2.22. The first kappa shape index (κ1) is 19.4. The molecule has 0 aromatic heterocycles. The van der Waals surface area contributed by atoms with Crippen molar-refractivity contribution in [2.75, 3.05) is 32.3 Å². The van der Waals surface area contributed by atoms with E-state index in [1.165, 1.54) is 20.3 Å². The van der Waals surface area contributed by atoms with Crippen LogP contribution in [0, 0.1) is 0 Å². The molecule has 146 valence electrons. The lowest BCUT2D eigenvalue weighted by Crippen LogP contribution is -2.24. The Balaban J connectivity index is 1.65. The number of carbonyl (C=O) groups excluding carboxylic acids is 3. The molecule has 0 atom stereocenters. The summed E-state index contributed by atoms with van der Waals surface area (Å²) in [5.41, 5.74) is 1.29. The van der Waals surface area contributed by atoms with Crippen molar-refractivity contribution in [2.24, 2.45) is 0 Å². The van der Waals surface area contributed by atoms with Crippen LogP contribution in [-0.2, 0) is 9.53 Å². The van der Waals surface area contributed by atoms with Crippen molar-refractivity contribution in [2.45, 2.75) is 12.8 Å². The van der Waals surface area contributed by atoms with Crippen LogP contribution in [-0.4, -0.2) is 45.0 Å². The zero-order chi connectivity index (χ0) is 20.1. The molecule has 7 heteroatoms. The Labute approximate surface area is 162 Å². The summed E-state index contributed by atoms with van der Waals surface area (Å²) in [6, 6.07) is 11.4. The summed E-state index contributed by atoms with van der Waals surface area (Å²) in [6.07, 6.45) is 1.31. The molecule has 1 heterocycles. The fourth-order valence-electron chi connectivity index (χ4n) is 3.03. The smallest absolute Gasteiger partial charge is 0.338 e. The molecule has 0 bridgehead atoms. The summed E-state index contributed by atoms with van der Waals surface area (Å²) in [5, 5.41) is 0. The van der Waals surface area contributed by atoms with Gasteiger partial charge >= 0.3 is 5.97 Å². The van der Waals surface area contributed by atoms with Crippen molar-refractivity contribution in [1.29, 1.82) is 0 Å². The molecule has 0 spiro atoms. The topological polar surface area (TPSA) is 82.1 Å². The first-order chi connectivity index (χ1) is 13.5. The molecule has 2 aromatic carbocycles. The number of hydrogen-bond donors (Lipinski definition) is 0. The summed E-state index contributed by atoms with van der Waals surface area (Å²) in [5.74, 6) is -0.0244. The van der Waals surface area contributed by atoms with Gasteiger partial charge in [-0.1, -0.05) is 6.07 Å². The maximum absolute atomic E-state index is 12.3. The highest BCUT2D eigenvalue weighted by atomic mass is 16.5. The molecule has 1 aliphatic rings. The molecular weight excluding hydrogens is 362 g/mol. The Kier molecular flexibility index (Phi) is 5.93. The number of nitrogens with zero attached hydrogens (tertiary/aromatic N) is 1. The summed E-state index contributed by atoms with van der Waals surface area (Å²) in [6.45, 7) is 0.232. The third-order valence-electron chi connectivity index (χ3n) is 4.51. The molecule has 0 radical (unpaired) electrons. The maximum atomic E-state index is 12.3. The van der Waals surface area contributed by atoms with Crippen molar-refractivity contribution in [1.82, 2.24) is 0 Å². The number of carbonyl (C=O) groups is 3. The van der Waals surface area contributed by atoms with Gasteiger partial charge in [0.2, 0.25) is 5.91 Å². The quantitative estimate of drug-likeness (QED) is 0.540. The van der Waals surface area contributed by atoms with Crippen LogP contribution in [0.2, 0.25) is 0 Å². The van der Waals surface area contributed by atoms with E-state index in [1.54, 1.807) is 41.3 Å². The van der Waals surface area contributed by atoms with E-state index in [-0.39, 0.29) is 17.3 Å². The first-order valence-corrected chi connectivity index (χ1v) is 8.86. The van der Waals surface area contributed by atoms with Gasteiger partial charge in [0.15, 0.2) is 23.9 Å². The van der Waals surface area contributed by atoms with Gasteiger partial charge in [-0.05, 0) is 42.8 Å². The molecule has 28 heavy (non-hydrogen) atoms. The van der Waals surface area contributed by atoms with Crippen LogP contribution in [0.5, 0.6) is 11.5 Å². The molecule has 2 aromatic rings. The lowest BCUT2D eigenvalue weighted by molar-refractivity contribution is -0.117. The van der Waals surface area contributed by atoms with Crippen molar-refractivity contribution in [3.8, 4) is 11.5 Å². The van der Waals surface area contributed by atoms with E-state index >= 15 is 0 Å². The van der Waals surface area contributed by atoms with Crippen LogP contribution in [0.4, 0.5) is 5.69 Å². The molecule has 0 N–H and O–H groups in total. The number of anilines is 1. The van der Waals surface area contributed by atoms with Crippen LogP contribution in [0.3, 0.4) is 0 Å². The molecule has 1 amide bonds. The van der Waals surface area contributed by atoms with Gasteiger partial charge in [-0.3, -0.25) is 9.59 Å². The van der Waals surface area contributed by atoms with Gasteiger partial charge in [0, 0.05) is 24.2 Å². The number of hydrogen-bond acceptors (Lipinski definition) is 6. The third kappa shape index (κ3) is 4.14. The van der Waals surface area contributed by atoms with Crippen LogP contribution >= 0.6 is 0 Å². The summed E-state index contributed by atoms with van der Waals surface area (Å²) in [7, 11) is 2.98. The minimum absolute atomic E-state index is 0.0362. The van der Waals surface area contributed by atoms with Gasteiger partial charge in [-0.25, -0.2) is 4.79 Å². The van der Waals surface area contributed by atoms with Gasteiger partial charge in [-0.2, -0.15) is 0 Å². The van der Waals surface area contributed by atoms with Crippen LogP contribution in [0.15, 0.2) is 42.5 Å². The minimum Gasteiger partial charge on any atom is -0.493 e. The summed E-state index contributed by atoms with van der Waals surface area (Å²) < 4.78 is 15.5. The number of amides is 1. The number of Topliss-reactive ketones (excluding diaryl/α,β-unsaturated/α-hetero) is 1. The van der Waals surface area contributed by atoms with E-state index in [9.17, 15) is 14.4 Å². The van der Waals surface area contributed by atoms with Crippen LogP contribution in [0.25, 0.3) is 0 Å². The fraction of sp³-hybridized carbons (Fsp3) is 0.286. The molecule has 7 nitrogen and oxygen atoms in total. The molecule has 0 unspecified atom stereocenters. The van der Waals surface area contributed by atoms with E-state index in [1.807, 2.05) is 0 Å². The summed E-state index contributed by atoms with van der Waals surface area (Å²) in [4.78, 5) is 38.2. The Morgan fingerprint density at radius 3 is 2.46 bits per heavy atom. The predicted octanol–water partition coefficient (Wildman–Crippen LogP) is 2.87. The highest BCUT2D eigenvalue weighted by molar-refractivity contribution is 6.00. The van der Waals surface area contributed by atoms with Gasteiger partial charge in [-0.15, -0.1) is 0 Å². The van der Waals surface area contributed by atoms with E-state index in [2.05, 4.69) is 0 Å². The Bertz CT molecular complexity index is 908. The molecule has 3 rings (SSSR count). The lowest BCUT2D eigenvalue weighted by atomic mass is 10.1. The zero-order valence-corrected chi connectivity index (χ0v) is 15.8. The standard InChI is InChI=1S/C21H21NO6/c1-26-18-9-8-14(12-19(18)27-2)17(23)13-28-21(25)15-5-3-6-16(11-15)22-10-4-7-20(22)24/h3,5-6,8-9,11-12H,4,7,10,13H2,1-2H3. The van der Waals surface area contributed by atoms with Crippen molar-refractivity contribution in [3.63, 3.8) is 0 Å². The van der Waals surface area contributed by atoms with Gasteiger partial charge in [0.1, 0.15) is 0 Å². The number of ether oxygens (including phenoxy) is 3. The number of rotatable bonds is 7. The zero-order valence-electron chi connectivity index (χ0n) is 15.8. The van der Waals surface area contributed by atoms with Crippen molar-refractivity contribution < 1.29 is 28.6 Å². The minimum atomic E-state index is -0.623. The highest BCUT2D eigenvalue weighted by Crippen LogP contribution is 2.28. The van der Waals surface area contributed by atoms with Crippen LogP contribution < -0.4 is 14.4 Å². The Hall–Kier alpha value is -3.35. The monoisotopic (exact) mass is 383 g/mol. The van der Waals surface area contributed by atoms with E-state index in [0.717, 1.165) is 6.42 Å². The van der Waals surface area contributed by atoms with E-state index < -0.39 is 12.6 Å². The van der Waals surface area contributed by atoms with Crippen molar-refractivity contribution in [3.05, 3.63) is 53.6 Å². The Morgan fingerprint density at radius 1 is 1.00 bits per heavy atom. The number of esters is 1. The molecular formula is C21H21NO6. The predicted molar refractivity (Wildman–Crippen MR) is 102 cm³/mol.